The number of ketones is 1. The molecule has 0 spiro atoms. The maximum absolute atomic E-state index is 13.4. The number of Topliss-reactive ketones (excluding diaryl/α,β-unsaturated/α-hetero) is 1. The minimum absolute atomic E-state index is 0.0294. The van der Waals surface area contributed by atoms with E-state index in [1.54, 1.807) is 24.4 Å². The Hall–Kier alpha value is -4.09. The SMILES string of the molecule is CC(F)(F)C(=O)c1ccc(-c2cc3c(-c4ccc(OC5CCOCC5)c(C#N)c4)ccnc3[nH]2)cc1. The van der Waals surface area contributed by atoms with E-state index in [4.69, 9.17) is 9.47 Å². The minimum Gasteiger partial charge on any atom is -0.489 e. The number of pyridine rings is 1. The van der Waals surface area contributed by atoms with Crippen LogP contribution < -0.4 is 4.74 Å². The van der Waals surface area contributed by atoms with Gasteiger partial charge in [-0.25, -0.2) is 4.98 Å². The molecule has 1 saturated heterocycles. The summed E-state index contributed by atoms with van der Waals surface area (Å²) in [5.74, 6) is -4.08. The number of nitrogens with zero attached hydrogens (tertiary/aromatic N) is 2. The van der Waals surface area contributed by atoms with Crippen LogP contribution in [0.3, 0.4) is 0 Å². The fourth-order valence-corrected chi connectivity index (χ4v) is 4.35. The number of aromatic amines is 1. The molecule has 8 heteroatoms. The number of nitriles is 1. The third-order valence-corrected chi connectivity index (χ3v) is 6.26. The zero-order valence-corrected chi connectivity index (χ0v) is 19.6. The highest BCUT2D eigenvalue weighted by Gasteiger charge is 2.33. The summed E-state index contributed by atoms with van der Waals surface area (Å²) in [6.07, 6.45) is 3.29. The molecule has 0 atom stereocenters. The molecule has 1 aliphatic heterocycles. The Kier molecular flexibility index (Phi) is 6.25. The van der Waals surface area contributed by atoms with Crippen molar-refractivity contribution in [2.45, 2.75) is 31.8 Å². The fraction of sp³-hybridized carbons (Fsp3) is 0.250. The van der Waals surface area contributed by atoms with E-state index in [0.29, 0.717) is 37.1 Å². The normalized spacial score (nSPS) is 14.5. The summed E-state index contributed by atoms with van der Waals surface area (Å²) in [4.78, 5) is 19.5. The average molecular weight is 488 g/mol. The van der Waals surface area contributed by atoms with E-state index < -0.39 is 11.7 Å². The second kappa shape index (κ2) is 9.51. The lowest BCUT2D eigenvalue weighted by Gasteiger charge is -2.23. The zero-order chi connectivity index (χ0) is 25.3. The summed E-state index contributed by atoms with van der Waals surface area (Å²) in [5.41, 5.74) is 4.23. The van der Waals surface area contributed by atoms with Gasteiger partial charge in [-0.1, -0.05) is 30.3 Å². The van der Waals surface area contributed by atoms with Gasteiger partial charge in [0.05, 0.1) is 18.8 Å². The molecule has 2 aromatic carbocycles. The summed E-state index contributed by atoms with van der Waals surface area (Å²) in [6, 6.07) is 17.6. The Morgan fingerprint density at radius 3 is 2.53 bits per heavy atom. The van der Waals surface area contributed by atoms with Crippen molar-refractivity contribution in [3.8, 4) is 34.2 Å². The van der Waals surface area contributed by atoms with Crippen molar-refractivity contribution in [3.63, 3.8) is 0 Å². The molecule has 0 aliphatic carbocycles. The zero-order valence-electron chi connectivity index (χ0n) is 19.6. The van der Waals surface area contributed by atoms with Crippen LogP contribution in [0.25, 0.3) is 33.4 Å². The number of carbonyl (C=O) groups excluding carboxylic acids is 1. The molecule has 1 fully saturated rings. The second-order valence-corrected chi connectivity index (χ2v) is 8.85. The highest BCUT2D eigenvalue weighted by Crippen LogP contribution is 2.34. The average Bonchev–Trinajstić information content (AvgIpc) is 3.33. The van der Waals surface area contributed by atoms with Gasteiger partial charge < -0.3 is 14.5 Å². The molecule has 0 radical (unpaired) electrons. The number of nitrogens with one attached hydrogen (secondary N) is 1. The molecular weight excluding hydrogens is 464 g/mol. The first-order chi connectivity index (χ1) is 17.3. The van der Waals surface area contributed by atoms with Crippen LogP contribution in [0.15, 0.2) is 60.8 Å². The second-order valence-electron chi connectivity index (χ2n) is 8.85. The number of halogens is 2. The van der Waals surface area contributed by atoms with E-state index in [1.807, 2.05) is 24.3 Å². The lowest BCUT2D eigenvalue weighted by Crippen LogP contribution is -2.26. The number of fused-ring (bicyclic) bond motifs is 1. The van der Waals surface area contributed by atoms with Crippen molar-refractivity contribution in [3.05, 3.63) is 71.9 Å². The molecule has 0 saturated carbocycles. The first kappa shape index (κ1) is 23.6. The number of H-pyrrole nitrogens is 1. The van der Waals surface area contributed by atoms with Gasteiger partial charge in [0.1, 0.15) is 23.6 Å². The van der Waals surface area contributed by atoms with Gasteiger partial charge in [-0.15, -0.1) is 0 Å². The molecule has 0 bridgehead atoms. The molecule has 3 heterocycles. The standard InChI is InChI=1S/C28H23F2N3O3/c1-28(29,30)26(34)18-4-2-17(3-5-18)24-15-23-22(8-11-32-27(23)33-24)19-6-7-25(20(14-19)16-31)36-21-9-12-35-13-10-21/h2-8,11,14-15,21H,9-10,12-13H2,1H3,(H,32,33). The van der Waals surface area contributed by atoms with E-state index in [1.165, 1.54) is 12.1 Å². The summed E-state index contributed by atoms with van der Waals surface area (Å²) in [5, 5.41) is 10.6. The Morgan fingerprint density at radius 2 is 1.83 bits per heavy atom. The van der Waals surface area contributed by atoms with Crippen molar-refractivity contribution >= 4 is 16.8 Å². The number of hydrogen-bond acceptors (Lipinski definition) is 5. The van der Waals surface area contributed by atoms with Crippen LogP contribution in [0, 0.1) is 11.3 Å². The molecule has 5 rings (SSSR count). The molecule has 4 aromatic rings. The van der Waals surface area contributed by atoms with Gasteiger partial charge in [-0.2, -0.15) is 14.0 Å². The minimum atomic E-state index is -3.42. The first-order valence-electron chi connectivity index (χ1n) is 11.6. The van der Waals surface area contributed by atoms with Crippen molar-refractivity contribution in [1.29, 1.82) is 5.26 Å². The number of alkyl halides is 2. The topological polar surface area (TPSA) is 88.0 Å². The molecule has 2 aromatic heterocycles. The van der Waals surface area contributed by atoms with E-state index in [2.05, 4.69) is 16.0 Å². The maximum atomic E-state index is 13.4. The van der Waals surface area contributed by atoms with Crippen LogP contribution in [0.5, 0.6) is 5.75 Å². The van der Waals surface area contributed by atoms with Gasteiger partial charge in [0.2, 0.25) is 5.78 Å². The van der Waals surface area contributed by atoms with Crippen LogP contribution in [-0.4, -0.2) is 41.0 Å². The van der Waals surface area contributed by atoms with Gasteiger partial charge >= 0.3 is 5.92 Å². The molecule has 0 amide bonds. The lowest BCUT2D eigenvalue weighted by atomic mass is 10.00. The van der Waals surface area contributed by atoms with Crippen LogP contribution in [0.1, 0.15) is 35.7 Å². The number of ether oxygens (including phenoxy) is 2. The number of rotatable bonds is 6. The highest BCUT2D eigenvalue weighted by atomic mass is 19.3. The van der Waals surface area contributed by atoms with E-state index in [-0.39, 0.29) is 11.7 Å². The third-order valence-electron chi connectivity index (χ3n) is 6.26. The molecule has 0 unspecified atom stereocenters. The Labute approximate surface area is 206 Å². The van der Waals surface area contributed by atoms with Crippen molar-refractivity contribution < 1.29 is 23.0 Å². The molecule has 1 N–H and O–H groups in total. The third kappa shape index (κ3) is 4.70. The summed E-state index contributed by atoms with van der Waals surface area (Å²) >= 11 is 0. The maximum Gasteiger partial charge on any atom is 0.307 e. The van der Waals surface area contributed by atoms with Crippen LogP contribution in [-0.2, 0) is 4.74 Å². The van der Waals surface area contributed by atoms with Crippen molar-refractivity contribution in [2.24, 2.45) is 0 Å². The monoisotopic (exact) mass is 487 g/mol. The molecule has 6 nitrogen and oxygen atoms in total. The Morgan fingerprint density at radius 1 is 1.11 bits per heavy atom. The van der Waals surface area contributed by atoms with Crippen molar-refractivity contribution in [1.82, 2.24) is 9.97 Å². The Balaban J connectivity index is 1.46. The van der Waals surface area contributed by atoms with E-state index >= 15 is 0 Å². The van der Waals surface area contributed by atoms with Gasteiger partial charge in [0, 0.05) is 42.6 Å². The van der Waals surface area contributed by atoms with Gasteiger partial charge in [0.25, 0.3) is 0 Å². The molecule has 36 heavy (non-hydrogen) atoms. The summed E-state index contributed by atoms with van der Waals surface area (Å²) < 4.78 is 38.2. The number of hydrogen-bond donors (Lipinski definition) is 1. The molecule has 182 valence electrons. The van der Waals surface area contributed by atoms with Gasteiger partial charge in [-0.3, -0.25) is 4.79 Å². The predicted octanol–water partition coefficient (Wildman–Crippen LogP) is 6.16. The first-order valence-corrected chi connectivity index (χ1v) is 11.6. The van der Waals surface area contributed by atoms with Crippen LogP contribution in [0.2, 0.25) is 0 Å². The lowest BCUT2D eigenvalue weighted by molar-refractivity contribution is 0.0221. The summed E-state index contributed by atoms with van der Waals surface area (Å²) in [6.45, 7) is 1.90. The van der Waals surface area contributed by atoms with E-state index in [0.717, 1.165) is 40.6 Å². The highest BCUT2D eigenvalue weighted by molar-refractivity contribution is 6.01. The summed E-state index contributed by atoms with van der Waals surface area (Å²) in [7, 11) is 0. The quantitative estimate of drug-likeness (QED) is 0.329. The van der Waals surface area contributed by atoms with Gasteiger partial charge in [-0.05, 0) is 41.0 Å². The largest absolute Gasteiger partial charge is 0.489 e. The number of aromatic nitrogens is 2. The van der Waals surface area contributed by atoms with Crippen LogP contribution in [0.4, 0.5) is 8.78 Å². The number of benzene rings is 2. The van der Waals surface area contributed by atoms with Crippen LogP contribution >= 0.6 is 0 Å². The fourth-order valence-electron chi connectivity index (χ4n) is 4.35. The predicted molar refractivity (Wildman–Crippen MR) is 131 cm³/mol. The smallest absolute Gasteiger partial charge is 0.307 e. The van der Waals surface area contributed by atoms with Crippen molar-refractivity contribution in [2.75, 3.05) is 13.2 Å². The molecule has 1 aliphatic rings. The van der Waals surface area contributed by atoms with Gasteiger partial charge in [0.15, 0.2) is 0 Å². The molecular formula is C28H23F2N3O3. The Bertz CT molecular complexity index is 1460. The number of carbonyl (C=O) groups is 1. The van der Waals surface area contributed by atoms with E-state index in [9.17, 15) is 18.8 Å².